The largest absolute Gasteiger partial charge is 0.495 e. The summed E-state index contributed by atoms with van der Waals surface area (Å²) in [5, 5.41) is 0.544. The van der Waals surface area contributed by atoms with Crippen LogP contribution in [0.1, 0.15) is 5.56 Å². The maximum atomic E-state index is 5.79. The molecule has 11 heavy (non-hydrogen) atoms. The molecule has 1 nitrogen and oxygen atoms in total. The Balaban J connectivity index is 3.12. The summed E-state index contributed by atoms with van der Waals surface area (Å²) in [5.41, 5.74) is 0.760. The zero-order valence-electron chi connectivity index (χ0n) is 6.10. The second kappa shape index (κ2) is 3.32. The van der Waals surface area contributed by atoms with E-state index in [4.69, 9.17) is 22.8 Å². The van der Waals surface area contributed by atoms with Gasteiger partial charge in [-0.15, -0.1) is 6.42 Å². The Morgan fingerprint density at radius 2 is 2.27 bits per heavy atom. The molecule has 0 N–H and O–H groups in total. The van der Waals surface area contributed by atoms with Crippen molar-refractivity contribution in [1.82, 2.24) is 0 Å². The topological polar surface area (TPSA) is 9.23 Å². The van der Waals surface area contributed by atoms with Crippen molar-refractivity contribution in [3.8, 4) is 18.1 Å². The number of methoxy groups -OCH3 is 1. The molecule has 1 aromatic carbocycles. The van der Waals surface area contributed by atoms with Gasteiger partial charge in [-0.05, 0) is 18.2 Å². The highest BCUT2D eigenvalue weighted by Gasteiger charge is 1.98. The van der Waals surface area contributed by atoms with Gasteiger partial charge in [0.25, 0.3) is 0 Å². The molecular weight excluding hydrogens is 160 g/mol. The summed E-state index contributed by atoms with van der Waals surface area (Å²) in [7, 11) is 1.57. The van der Waals surface area contributed by atoms with Crippen molar-refractivity contribution >= 4 is 11.6 Å². The molecule has 0 atom stereocenters. The summed E-state index contributed by atoms with van der Waals surface area (Å²) in [6, 6.07) is 5.22. The van der Waals surface area contributed by atoms with Crippen molar-refractivity contribution < 1.29 is 4.74 Å². The van der Waals surface area contributed by atoms with Crippen molar-refractivity contribution in [3.63, 3.8) is 0 Å². The molecule has 0 amide bonds. The summed E-state index contributed by atoms with van der Waals surface area (Å²) in [6.45, 7) is 0. The van der Waals surface area contributed by atoms with Crippen molar-refractivity contribution in [2.45, 2.75) is 0 Å². The van der Waals surface area contributed by atoms with Gasteiger partial charge in [0, 0.05) is 5.56 Å². The molecule has 0 heterocycles. The Hall–Kier alpha value is -1.13. The highest BCUT2D eigenvalue weighted by atomic mass is 35.5. The van der Waals surface area contributed by atoms with Gasteiger partial charge in [-0.25, -0.2) is 0 Å². The lowest BCUT2D eigenvalue weighted by atomic mass is 10.2. The van der Waals surface area contributed by atoms with Crippen LogP contribution in [0.2, 0.25) is 5.02 Å². The summed E-state index contributed by atoms with van der Waals surface area (Å²) >= 11 is 5.79. The smallest absolute Gasteiger partial charge is 0.137 e. The predicted octanol–water partition coefficient (Wildman–Crippen LogP) is 2.33. The first kappa shape index (κ1) is 7.97. The number of benzene rings is 1. The van der Waals surface area contributed by atoms with Gasteiger partial charge in [0.05, 0.1) is 12.1 Å². The van der Waals surface area contributed by atoms with Gasteiger partial charge in [-0.3, -0.25) is 0 Å². The molecule has 1 rings (SSSR count). The molecule has 56 valence electrons. The van der Waals surface area contributed by atoms with Crippen LogP contribution in [0.25, 0.3) is 0 Å². The minimum Gasteiger partial charge on any atom is -0.495 e. The molecule has 0 aliphatic heterocycles. The number of halogens is 1. The van der Waals surface area contributed by atoms with E-state index in [2.05, 4.69) is 5.92 Å². The number of rotatable bonds is 1. The van der Waals surface area contributed by atoms with E-state index in [1.165, 1.54) is 0 Å². The fraction of sp³-hybridized carbons (Fsp3) is 0.111. The van der Waals surface area contributed by atoms with E-state index in [9.17, 15) is 0 Å². The van der Waals surface area contributed by atoms with E-state index in [0.717, 1.165) is 5.56 Å². The van der Waals surface area contributed by atoms with Gasteiger partial charge in [-0.2, -0.15) is 0 Å². The van der Waals surface area contributed by atoms with Crippen LogP contribution >= 0.6 is 11.6 Å². The van der Waals surface area contributed by atoms with Gasteiger partial charge >= 0.3 is 0 Å². The van der Waals surface area contributed by atoms with Crippen molar-refractivity contribution in [1.29, 1.82) is 0 Å². The quantitative estimate of drug-likeness (QED) is 0.582. The molecule has 0 saturated carbocycles. The molecule has 0 saturated heterocycles. The molecule has 0 fully saturated rings. The molecule has 0 radical (unpaired) electrons. The van der Waals surface area contributed by atoms with Crippen molar-refractivity contribution in [2.24, 2.45) is 0 Å². The van der Waals surface area contributed by atoms with Gasteiger partial charge in [-0.1, -0.05) is 17.5 Å². The first-order valence-electron chi connectivity index (χ1n) is 3.08. The molecule has 0 aliphatic carbocycles. The maximum Gasteiger partial charge on any atom is 0.137 e. The molecule has 1 aromatic rings. The van der Waals surface area contributed by atoms with E-state index in [1.807, 2.05) is 0 Å². The molecule has 0 spiro atoms. The Morgan fingerprint density at radius 1 is 1.55 bits per heavy atom. The highest BCUT2D eigenvalue weighted by molar-refractivity contribution is 6.32. The van der Waals surface area contributed by atoms with Crippen LogP contribution in [-0.4, -0.2) is 7.11 Å². The van der Waals surface area contributed by atoms with E-state index in [1.54, 1.807) is 25.3 Å². The van der Waals surface area contributed by atoms with E-state index >= 15 is 0 Å². The molecule has 0 unspecified atom stereocenters. The third-order valence-electron chi connectivity index (χ3n) is 1.32. The number of hydrogen-bond acceptors (Lipinski definition) is 1. The lowest BCUT2D eigenvalue weighted by Crippen LogP contribution is -1.84. The van der Waals surface area contributed by atoms with E-state index in [0.29, 0.717) is 10.8 Å². The van der Waals surface area contributed by atoms with Crippen LogP contribution in [0.3, 0.4) is 0 Å². The first-order valence-corrected chi connectivity index (χ1v) is 3.46. The fourth-order valence-corrected chi connectivity index (χ4v) is 1.01. The van der Waals surface area contributed by atoms with Crippen LogP contribution < -0.4 is 4.74 Å². The zero-order valence-corrected chi connectivity index (χ0v) is 6.85. The standard InChI is InChI=1S/C9H7ClO/c1-3-7-4-5-9(11-2)8(10)6-7/h1,4-6H,2H3. The molecule has 0 aromatic heterocycles. The molecule has 2 heteroatoms. The van der Waals surface area contributed by atoms with Gasteiger partial charge in [0.2, 0.25) is 0 Å². The van der Waals surface area contributed by atoms with Gasteiger partial charge in [0.15, 0.2) is 0 Å². The maximum absolute atomic E-state index is 5.79. The Bertz CT molecular complexity index is 299. The molecule has 0 aliphatic rings. The molecule has 0 bridgehead atoms. The lowest BCUT2D eigenvalue weighted by Gasteiger charge is -2.01. The van der Waals surface area contributed by atoms with Gasteiger partial charge < -0.3 is 4.74 Å². The third kappa shape index (κ3) is 1.66. The molecular formula is C9H7ClO. The Labute approximate surface area is 70.9 Å². The van der Waals surface area contributed by atoms with Crippen LogP contribution in [0.5, 0.6) is 5.75 Å². The summed E-state index contributed by atoms with van der Waals surface area (Å²) in [4.78, 5) is 0. The van der Waals surface area contributed by atoms with E-state index < -0.39 is 0 Å². The van der Waals surface area contributed by atoms with E-state index in [-0.39, 0.29) is 0 Å². The normalized spacial score (nSPS) is 8.82. The van der Waals surface area contributed by atoms with Crippen molar-refractivity contribution in [2.75, 3.05) is 7.11 Å². The Morgan fingerprint density at radius 3 is 2.73 bits per heavy atom. The fourth-order valence-electron chi connectivity index (χ4n) is 0.756. The average Bonchev–Trinajstić information content (AvgIpc) is 2.04. The summed E-state index contributed by atoms with van der Waals surface area (Å²) in [6.07, 6.45) is 5.16. The van der Waals surface area contributed by atoms with Gasteiger partial charge in [0.1, 0.15) is 5.75 Å². The predicted molar refractivity (Wildman–Crippen MR) is 45.9 cm³/mol. The highest BCUT2D eigenvalue weighted by Crippen LogP contribution is 2.24. The second-order valence-electron chi connectivity index (χ2n) is 1.99. The second-order valence-corrected chi connectivity index (χ2v) is 2.40. The van der Waals surface area contributed by atoms with Crippen LogP contribution in [-0.2, 0) is 0 Å². The number of hydrogen-bond donors (Lipinski definition) is 0. The number of terminal acetylenes is 1. The summed E-state index contributed by atoms with van der Waals surface area (Å²) < 4.78 is 4.94. The zero-order chi connectivity index (χ0) is 8.27. The summed E-state index contributed by atoms with van der Waals surface area (Å²) in [5.74, 6) is 3.12. The lowest BCUT2D eigenvalue weighted by molar-refractivity contribution is 0.415. The number of ether oxygens (including phenoxy) is 1. The third-order valence-corrected chi connectivity index (χ3v) is 1.61. The Kier molecular flexibility index (Phi) is 2.40. The van der Waals surface area contributed by atoms with Crippen LogP contribution in [0, 0.1) is 12.3 Å². The minimum absolute atomic E-state index is 0.544. The average molecular weight is 167 g/mol. The SMILES string of the molecule is C#Cc1ccc(OC)c(Cl)c1. The van der Waals surface area contributed by atoms with Crippen molar-refractivity contribution in [3.05, 3.63) is 28.8 Å². The van der Waals surface area contributed by atoms with Crippen LogP contribution in [0.4, 0.5) is 0 Å². The first-order chi connectivity index (χ1) is 5.27. The van der Waals surface area contributed by atoms with Crippen LogP contribution in [0.15, 0.2) is 18.2 Å². The minimum atomic E-state index is 0.544. The monoisotopic (exact) mass is 166 g/mol.